The number of nitrogens with two attached hydrogens (primary N) is 1. The minimum absolute atomic E-state index is 0.0728. The Labute approximate surface area is 148 Å². The van der Waals surface area contributed by atoms with Crippen LogP contribution in [0.15, 0.2) is 24.3 Å². The normalized spacial score (nSPS) is 24.3. The van der Waals surface area contributed by atoms with Gasteiger partial charge in [0.25, 0.3) is 0 Å². The Morgan fingerprint density at radius 1 is 1.20 bits per heavy atom. The van der Waals surface area contributed by atoms with E-state index < -0.39 is 0 Å². The highest BCUT2D eigenvalue weighted by molar-refractivity contribution is 5.79. The van der Waals surface area contributed by atoms with Crippen molar-refractivity contribution in [1.82, 2.24) is 4.90 Å². The maximum atomic E-state index is 12.5. The molecule has 2 N–H and O–H groups in total. The highest BCUT2D eigenvalue weighted by atomic mass is 16.5. The average Bonchev–Trinajstić information content (AvgIpc) is 3.12. The number of hydrogen-bond acceptors (Lipinski definition) is 4. The van der Waals surface area contributed by atoms with Gasteiger partial charge in [-0.15, -0.1) is 0 Å². The molecule has 0 saturated carbocycles. The summed E-state index contributed by atoms with van der Waals surface area (Å²) in [6.45, 7) is 2.03. The molecule has 0 spiro atoms. The van der Waals surface area contributed by atoms with E-state index in [-0.39, 0.29) is 23.8 Å². The first-order valence-corrected chi connectivity index (χ1v) is 8.90. The second kappa shape index (κ2) is 7.87. The highest BCUT2D eigenvalue weighted by Crippen LogP contribution is 2.33. The van der Waals surface area contributed by atoms with Crippen molar-refractivity contribution in [3.63, 3.8) is 0 Å². The Morgan fingerprint density at radius 2 is 1.88 bits per heavy atom. The molecule has 6 heteroatoms. The van der Waals surface area contributed by atoms with Gasteiger partial charge in [-0.3, -0.25) is 9.59 Å². The fraction of sp³-hybridized carbons (Fsp3) is 0.579. The van der Waals surface area contributed by atoms with Crippen LogP contribution in [-0.2, 0) is 20.7 Å². The van der Waals surface area contributed by atoms with Crippen molar-refractivity contribution in [2.75, 3.05) is 26.8 Å². The Kier molecular flexibility index (Phi) is 5.58. The minimum atomic E-state index is -0.263. The summed E-state index contributed by atoms with van der Waals surface area (Å²) in [5, 5.41) is 0. The monoisotopic (exact) mass is 346 g/mol. The maximum absolute atomic E-state index is 12.5. The molecule has 2 aliphatic heterocycles. The molecule has 2 atom stereocenters. The second-order valence-electron chi connectivity index (χ2n) is 6.88. The number of primary amides is 1. The number of amides is 2. The van der Waals surface area contributed by atoms with E-state index in [1.165, 1.54) is 0 Å². The fourth-order valence-electron chi connectivity index (χ4n) is 3.89. The van der Waals surface area contributed by atoms with Crippen LogP contribution in [0.4, 0.5) is 0 Å². The molecule has 1 aromatic carbocycles. The van der Waals surface area contributed by atoms with Crippen LogP contribution >= 0.6 is 0 Å². The van der Waals surface area contributed by atoms with Gasteiger partial charge in [-0.25, -0.2) is 0 Å². The van der Waals surface area contributed by atoms with E-state index in [1.807, 2.05) is 29.2 Å². The first kappa shape index (κ1) is 17.7. The molecule has 2 heterocycles. The van der Waals surface area contributed by atoms with Crippen molar-refractivity contribution in [2.45, 2.75) is 31.8 Å². The van der Waals surface area contributed by atoms with Gasteiger partial charge in [0.15, 0.2) is 0 Å². The molecule has 3 rings (SSSR count). The molecule has 0 unspecified atom stereocenters. The van der Waals surface area contributed by atoms with Gasteiger partial charge in [0.2, 0.25) is 11.8 Å². The van der Waals surface area contributed by atoms with Crippen LogP contribution in [0.5, 0.6) is 5.75 Å². The van der Waals surface area contributed by atoms with Crippen LogP contribution in [-0.4, -0.2) is 49.6 Å². The Morgan fingerprint density at radius 3 is 2.48 bits per heavy atom. The van der Waals surface area contributed by atoms with Gasteiger partial charge in [-0.05, 0) is 42.9 Å². The van der Waals surface area contributed by atoms with Crippen molar-refractivity contribution in [3.8, 4) is 5.75 Å². The lowest BCUT2D eigenvalue weighted by atomic mass is 9.84. The van der Waals surface area contributed by atoms with E-state index in [0.717, 1.165) is 30.6 Å². The lowest BCUT2D eigenvalue weighted by molar-refractivity contribution is -0.133. The minimum Gasteiger partial charge on any atom is -0.497 e. The predicted molar refractivity (Wildman–Crippen MR) is 93.0 cm³/mol. The summed E-state index contributed by atoms with van der Waals surface area (Å²) < 4.78 is 10.9. The Hall–Kier alpha value is -2.08. The molecular weight excluding hydrogens is 320 g/mol. The molecule has 2 fully saturated rings. The molecule has 0 radical (unpaired) electrons. The van der Waals surface area contributed by atoms with Crippen molar-refractivity contribution in [3.05, 3.63) is 29.8 Å². The van der Waals surface area contributed by atoms with Gasteiger partial charge in [0.1, 0.15) is 5.75 Å². The predicted octanol–water partition coefficient (Wildman–Crippen LogP) is 1.37. The summed E-state index contributed by atoms with van der Waals surface area (Å²) in [6, 6.07) is 7.59. The van der Waals surface area contributed by atoms with Gasteiger partial charge in [-0.1, -0.05) is 12.1 Å². The number of piperidine rings is 1. The van der Waals surface area contributed by atoms with Gasteiger partial charge < -0.3 is 20.1 Å². The number of carbonyl (C=O) groups is 2. The number of methoxy groups -OCH3 is 1. The maximum Gasteiger partial charge on any atom is 0.226 e. The van der Waals surface area contributed by atoms with E-state index in [1.54, 1.807) is 7.11 Å². The summed E-state index contributed by atoms with van der Waals surface area (Å²) in [7, 11) is 1.63. The quantitative estimate of drug-likeness (QED) is 0.873. The van der Waals surface area contributed by atoms with Crippen LogP contribution in [0.2, 0.25) is 0 Å². The standard InChI is InChI=1S/C19H26N2O4/c1-24-15-4-2-13(3-5-15)12-17(22)21-9-6-14(7-10-21)18-16(19(20)23)8-11-25-18/h2-5,14,16,18H,6-12H2,1H3,(H2,20,23)/t16-,18+/m0/s1. The number of carbonyl (C=O) groups excluding carboxylic acids is 2. The molecular formula is C19H26N2O4. The molecule has 25 heavy (non-hydrogen) atoms. The van der Waals surface area contributed by atoms with Crippen LogP contribution in [0.25, 0.3) is 0 Å². The average molecular weight is 346 g/mol. The van der Waals surface area contributed by atoms with Crippen molar-refractivity contribution < 1.29 is 19.1 Å². The van der Waals surface area contributed by atoms with Crippen LogP contribution in [0.1, 0.15) is 24.8 Å². The Balaban J connectivity index is 1.51. The molecule has 136 valence electrons. The summed E-state index contributed by atoms with van der Waals surface area (Å²) in [4.78, 5) is 26.0. The lowest BCUT2D eigenvalue weighted by Gasteiger charge is -2.35. The van der Waals surface area contributed by atoms with Crippen LogP contribution in [0, 0.1) is 11.8 Å². The molecule has 2 aliphatic rings. The molecule has 6 nitrogen and oxygen atoms in total. The lowest BCUT2D eigenvalue weighted by Crippen LogP contribution is -2.44. The van der Waals surface area contributed by atoms with Crippen LogP contribution in [0.3, 0.4) is 0 Å². The number of ether oxygens (including phenoxy) is 2. The summed E-state index contributed by atoms with van der Waals surface area (Å²) >= 11 is 0. The van der Waals surface area contributed by atoms with Gasteiger partial charge in [0, 0.05) is 19.7 Å². The number of nitrogens with zero attached hydrogens (tertiary/aromatic N) is 1. The van der Waals surface area contributed by atoms with E-state index in [9.17, 15) is 9.59 Å². The number of rotatable bonds is 5. The second-order valence-corrected chi connectivity index (χ2v) is 6.88. The largest absolute Gasteiger partial charge is 0.497 e. The molecule has 1 aromatic rings. The van der Waals surface area contributed by atoms with E-state index >= 15 is 0 Å². The smallest absolute Gasteiger partial charge is 0.226 e. The highest BCUT2D eigenvalue weighted by Gasteiger charge is 2.39. The Bertz CT molecular complexity index is 608. The van der Waals surface area contributed by atoms with E-state index in [2.05, 4.69) is 0 Å². The number of hydrogen-bond donors (Lipinski definition) is 1. The zero-order valence-electron chi connectivity index (χ0n) is 14.6. The van der Waals surface area contributed by atoms with Gasteiger partial charge in [-0.2, -0.15) is 0 Å². The first-order valence-electron chi connectivity index (χ1n) is 8.90. The fourth-order valence-corrected chi connectivity index (χ4v) is 3.89. The van der Waals surface area contributed by atoms with Crippen molar-refractivity contribution in [1.29, 1.82) is 0 Å². The zero-order valence-corrected chi connectivity index (χ0v) is 14.6. The first-order chi connectivity index (χ1) is 12.1. The number of likely N-dealkylation sites (tertiary alicyclic amines) is 1. The van der Waals surface area contributed by atoms with Crippen LogP contribution < -0.4 is 10.5 Å². The third-order valence-corrected chi connectivity index (χ3v) is 5.37. The summed E-state index contributed by atoms with van der Waals surface area (Å²) in [6.07, 6.45) is 2.78. The molecule has 0 aromatic heterocycles. The summed E-state index contributed by atoms with van der Waals surface area (Å²) in [5.74, 6) is 0.803. The number of benzene rings is 1. The van der Waals surface area contributed by atoms with Crippen molar-refractivity contribution in [2.24, 2.45) is 17.6 Å². The van der Waals surface area contributed by atoms with Gasteiger partial charge >= 0.3 is 0 Å². The molecule has 2 saturated heterocycles. The molecule has 0 aliphatic carbocycles. The third-order valence-electron chi connectivity index (χ3n) is 5.37. The van der Waals surface area contributed by atoms with Gasteiger partial charge in [0.05, 0.1) is 25.6 Å². The zero-order chi connectivity index (χ0) is 17.8. The topological polar surface area (TPSA) is 81.9 Å². The SMILES string of the molecule is COc1ccc(CC(=O)N2CCC([C@H]3OCC[C@@H]3C(N)=O)CC2)cc1. The third kappa shape index (κ3) is 4.12. The van der Waals surface area contributed by atoms with Crippen molar-refractivity contribution >= 4 is 11.8 Å². The molecule has 2 amide bonds. The molecule has 0 bridgehead atoms. The van der Waals surface area contributed by atoms with E-state index in [0.29, 0.717) is 32.0 Å². The van der Waals surface area contributed by atoms with E-state index in [4.69, 9.17) is 15.2 Å². The summed E-state index contributed by atoms with van der Waals surface area (Å²) in [5.41, 5.74) is 6.47.